The molecule has 0 unspecified atom stereocenters. The molecular weight excluding hydrogens is 400 g/mol. The van der Waals surface area contributed by atoms with E-state index in [2.05, 4.69) is 21.2 Å². The summed E-state index contributed by atoms with van der Waals surface area (Å²) in [6.45, 7) is 0.171. The number of ether oxygens (including phenoxy) is 2. The van der Waals surface area contributed by atoms with Crippen molar-refractivity contribution in [2.75, 3.05) is 32.6 Å². The van der Waals surface area contributed by atoms with Gasteiger partial charge in [-0.05, 0) is 40.2 Å². The van der Waals surface area contributed by atoms with E-state index in [-0.39, 0.29) is 31.4 Å². The quantitative estimate of drug-likeness (QED) is 0.710. The van der Waals surface area contributed by atoms with Crippen molar-refractivity contribution in [1.82, 2.24) is 4.90 Å². The summed E-state index contributed by atoms with van der Waals surface area (Å²) in [6, 6.07) is 14.5. The minimum absolute atomic E-state index is 0.0329. The summed E-state index contributed by atoms with van der Waals surface area (Å²) in [4.78, 5) is 25.6. The molecule has 2 rings (SSSR count). The SMILES string of the molecule is COc1ccccc1OCCC(=O)N(C)CC(=O)Nc1ccccc1Br. The zero-order chi connectivity index (χ0) is 18.9. The number of benzene rings is 2. The maximum absolute atomic E-state index is 12.2. The van der Waals surface area contributed by atoms with Gasteiger partial charge in [0.15, 0.2) is 11.5 Å². The topological polar surface area (TPSA) is 67.9 Å². The molecule has 0 saturated carbocycles. The zero-order valence-corrected chi connectivity index (χ0v) is 16.3. The molecule has 0 bridgehead atoms. The third-order valence-corrected chi connectivity index (χ3v) is 4.29. The van der Waals surface area contributed by atoms with Gasteiger partial charge in [-0.2, -0.15) is 0 Å². The van der Waals surface area contributed by atoms with Crippen LogP contribution in [0.15, 0.2) is 53.0 Å². The fraction of sp³-hybridized carbons (Fsp3) is 0.263. The van der Waals surface area contributed by atoms with Gasteiger partial charge in [0.05, 0.1) is 32.4 Å². The fourth-order valence-electron chi connectivity index (χ4n) is 2.23. The average molecular weight is 421 g/mol. The number of carbonyl (C=O) groups excluding carboxylic acids is 2. The third-order valence-electron chi connectivity index (χ3n) is 3.60. The molecular formula is C19H21BrN2O4. The zero-order valence-electron chi connectivity index (χ0n) is 14.7. The minimum atomic E-state index is -0.265. The van der Waals surface area contributed by atoms with Crippen LogP contribution in [0, 0.1) is 0 Å². The molecule has 2 aromatic carbocycles. The molecule has 0 aliphatic rings. The van der Waals surface area contributed by atoms with E-state index < -0.39 is 0 Å². The average Bonchev–Trinajstić information content (AvgIpc) is 2.63. The molecule has 0 heterocycles. The molecule has 1 N–H and O–H groups in total. The standard InChI is InChI=1S/C19H21BrN2O4/c1-22(13-18(23)21-15-8-4-3-7-14(15)20)19(24)11-12-26-17-10-6-5-9-16(17)25-2/h3-10H,11-13H2,1-2H3,(H,21,23). The second-order valence-electron chi connectivity index (χ2n) is 5.53. The lowest BCUT2D eigenvalue weighted by atomic mass is 10.3. The van der Waals surface area contributed by atoms with Crippen molar-refractivity contribution in [2.24, 2.45) is 0 Å². The summed E-state index contributed by atoms with van der Waals surface area (Å²) in [5.74, 6) is 0.749. The summed E-state index contributed by atoms with van der Waals surface area (Å²) in [6.07, 6.45) is 0.164. The molecule has 0 fully saturated rings. The number of nitrogens with one attached hydrogen (secondary N) is 1. The molecule has 2 amide bonds. The van der Waals surface area contributed by atoms with Crippen molar-refractivity contribution >= 4 is 33.4 Å². The lowest BCUT2D eigenvalue weighted by molar-refractivity contribution is -0.133. The fourth-order valence-corrected chi connectivity index (χ4v) is 2.62. The van der Waals surface area contributed by atoms with E-state index in [1.165, 1.54) is 4.90 Å². The summed E-state index contributed by atoms with van der Waals surface area (Å²) >= 11 is 3.37. The Balaban J connectivity index is 1.78. The highest BCUT2D eigenvalue weighted by molar-refractivity contribution is 9.10. The molecule has 0 aromatic heterocycles. The summed E-state index contributed by atoms with van der Waals surface area (Å²) in [5.41, 5.74) is 0.665. The first-order chi connectivity index (χ1) is 12.5. The molecule has 0 spiro atoms. The first kappa shape index (κ1) is 19.8. The van der Waals surface area contributed by atoms with Crippen molar-refractivity contribution in [1.29, 1.82) is 0 Å². The van der Waals surface area contributed by atoms with Crippen LogP contribution in [0.4, 0.5) is 5.69 Å². The molecule has 6 nitrogen and oxygen atoms in total. The number of halogens is 1. The van der Waals surface area contributed by atoms with Gasteiger partial charge in [0.25, 0.3) is 0 Å². The van der Waals surface area contributed by atoms with Crippen LogP contribution < -0.4 is 14.8 Å². The van der Waals surface area contributed by atoms with Crippen LogP contribution in [0.25, 0.3) is 0 Å². The predicted molar refractivity (Wildman–Crippen MR) is 104 cm³/mol. The van der Waals surface area contributed by atoms with Crippen LogP contribution >= 0.6 is 15.9 Å². The maximum Gasteiger partial charge on any atom is 0.244 e. The van der Waals surface area contributed by atoms with Crippen LogP contribution in [0.3, 0.4) is 0 Å². The van der Waals surface area contributed by atoms with Crippen LogP contribution in [0.5, 0.6) is 11.5 Å². The Morgan fingerprint density at radius 1 is 1.08 bits per heavy atom. The lowest BCUT2D eigenvalue weighted by Crippen LogP contribution is -2.35. The normalized spacial score (nSPS) is 10.1. The van der Waals surface area contributed by atoms with Gasteiger partial charge < -0.3 is 19.7 Å². The maximum atomic E-state index is 12.2. The monoisotopic (exact) mass is 420 g/mol. The number of carbonyl (C=O) groups is 2. The highest BCUT2D eigenvalue weighted by Crippen LogP contribution is 2.25. The molecule has 0 aliphatic heterocycles. The number of hydrogen-bond acceptors (Lipinski definition) is 4. The summed E-state index contributed by atoms with van der Waals surface area (Å²) in [5, 5.41) is 2.77. The number of likely N-dealkylation sites (N-methyl/N-ethyl adjacent to an activating group) is 1. The van der Waals surface area contributed by atoms with E-state index >= 15 is 0 Å². The summed E-state index contributed by atoms with van der Waals surface area (Å²) in [7, 11) is 3.15. The van der Waals surface area contributed by atoms with Gasteiger partial charge in [-0.1, -0.05) is 24.3 Å². The van der Waals surface area contributed by atoms with Crippen LogP contribution in [0.1, 0.15) is 6.42 Å². The van der Waals surface area contributed by atoms with Gasteiger partial charge in [0, 0.05) is 11.5 Å². The molecule has 0 radical (unpaired) electrons. The minimum Gasteiger partial charge on any atom is -0.493 e. The van der Waals surface area contributed by atoms with Gasteiger partial charge in [0.2, 0.25) is 11.8 Å². The Kier molecular flexibility index (Phi) is 7.47. The van der Waals surface area contributed by atoms with E-state index in [9.17, 15) is 9.59 Å². The lowest BCUT2D eigenvalue weighted by Gasteiger charge is -2.17. The largest absolute Gasteiger partial charge is 0.493 e. The van der Waals surface area contributed by atoms with Crippen LogP contribution in [0.2, 0.25) is 0 Å². The molecule has 0 atom stereocenters. The van der Waals surface area contributed by atoms with E-state index in [4.69, 9.17) is 9.47 Å². The molecule has 26 heavy (non-hydrogen) atoms. The molecule has 138 valence electrons. The number of rotatable bonds is 8. The van der Waals surface area contributed by atoms with Gasteiger partial charge >= 0.3 is 0 Å². The Morgan fingerprint density at radius 2 is 1.73 bits per heavy atom. The van der Waals surface area contributed by atoms with Crippen molar-refractivity contribution in [3.8, 4) is 11.5 Å². The number of hydrogen-bond donors (Lipinski definition) is 1. The number of anilines is 1. The third kappa shape index (κ3) is 5.77. The van der Waals surface area contributed by atoms with Gasteiger partial charge in [-0.15, -0.1) is 0 Å². The second-order valence-corrected chi connectivity index (χ2v) is 6.38. The Hall–Kier alpha value is -2.54. The number of para-hydroxylation sites is 3. The van der Waals surface area contributed by atoms with Crippen LogP contribution in [-0.2, 0) is 9.59 Å². The summed E-state index contributed by atoms with van der Waals surface area (Å²) < 4.78 is 11.6. The predicted octanol–water partition coefficient (Wildman–Crippen LogP) is 3.32. The molecule has 7 heteroatoms. The smallest absolute Gasteiger partial charge is 0.244 e. The Bertz CT molecular complexity index is 767. The van der Waals surface area contributed by atoms with Crippen molar-refractivity contribution in [2.45, 2.75) is 6.42 Å². The van der Waals surface area contributed by atoms with Crippen molar-refractivity contribution < 1.29 is 19.1 Å². The van der Waals surface area contributed by atoms with Gasteiger partial charge in [0.1, 0.15) is 0 Å². The molecule has 2 aromatic rings. The molecule has 0 aliphatic carbocycles. The number of nitrogens with zero attached hydrogens (tertiary/aromatic N) is 1. The second kappa shape index (κ2) is 9.82. The van der Waals surface area contributed by atoms with E-state index in [0.717, 1.165) is 4.47 Å². The Labute approximate surface area is 161 Å². The first-order valence-corrected chi connectivity index (χ1v) is 8.84. The highest BCUT2D eigenvalue weighted by atomic mass is 79.9. The number of methoxy groups -OCH3 is 1. The molecule has 0 saturated heterocycles. The highest BCUT2D eigenvalue weighted by Gasteiger charge is 2.14. The number of amides is 2. The van der Waals surface area contributed by atoms with Crippen LogP contribution in [-0.4, -0.2) is 44.0 Å². The first-order valence-electron chi connectivity index (χ1n) is 8.05. The van der Waals surface area contributed by atoms with Gasteiger partial charge in [-0.3, -0.25) is 9.59 Å². The van der Waals surface area contributed by atoms with Crippen molar-refractivity contribution in [3.63, 3.8) is 0 Å². The Morgan fingerprint density at radius 3 is 2.42 bits per heavy atom. The van der Waals surface area contributed by atoms with E-state index in [1.54, 1.807) is 32.4 Å². The van der Waals surface area contributed by atoms with E-state index in [1.807, 2.05) is 30.3 Å². The van der Waals surface area contributed by atoms with Crippen molar-refractivity contribution in [3.05, 3.63) is 53.0 Å². The van der Waals surface area contributed by atoms with Gasteiger partial charge in [-0.25, -0.2) is 0 Å². The van der Waals surface area contributed by atoms with E-state index in [0.29, 0.717) is 17.2 Å².